The molecule has 1 aliphatic rings. The number of carbonyl (C=O) groups is 2. The second-order valence-electron chi connectivity index (χ2n) is 6.42. The number of amides is 2. The highest BCUT2D eigenvalue weighted by molar-refractivity contribution is 5.76. The SMILES string of the molecule is CC(=O)NCc1cccc([C@H]2CCCN2C(=O)Cn2cc(C)cn2)n1. The molecular weight excluding hydrogens is 318 g/mol. The van der Waals surface area contributed by atoms with Crippen LogP contribution in [0.5, 0.6) is 0 Å². The summed E-state index contributed by atoms with van der Waals surface area (Å²) in [6.45, 7) is 4.82. The van der Waals surface area contributed by atoms with E-state index in [4.69, 9.17) is 0 Å². The molecule has 0 aliphatic carbocycles. The zero-order valence-corrected chi connectivity index (χ0v) is 14.6. The van der Waals surface area contributed by atoms with Gasteiger partial charge in [-0.25, -0.2) is 0 Å². The Kier molecular flexibility index (Phi) is 5.11. The van der Waals surface area contributed by atoms with Gasteiger partial charge in [-0.2, -0.15) is 5.10 Å². The third kappa shape index (κ3) is 4.23. The molecule has 1 atom stereocenters. The van der Waals surface area contributed by atoms with Crippen molar-refractivity contribution in [2.24, 2.45) is 0 Å². The summed E-state index contributed by atoms with van der Waals surface area (Å²) in [6.07, 6.45) is 5.49. The average molecular weight is 341 g/mol. The molecule has 2 amide bonds. The molecule has 0 radical (unpaired) electrons. The maximum atomic E-state index is 12.7. The van der Waals surface area contributed by atoms with Crippen molar-refractivity contribution in [2.75, 3.05) is 6.54 Å². The number of hydrogen-bond acceptors (Lipinski definition) is 4. The molecule has 1 N–H and O–H groups in total. The molecule has 0 unspecified atom stereocenters. The fraction of sp³-hybridized carbons (Fsp3) is 0.444. The molecule has 0 bridgehead atoms. The third-order valence-corrected chi connectivity index (χ3v) is 4.32. The van der Waals surface area contributed by atoms with Gasteiger partial charge in [0.1, 0.15) is 6.54 Å². The van der Waals surface area contributed by atoms with E-state index in [1.165, 1.54) is 6.92 Å². The van der Waals surface area contributed by atoms with Gasteiger partial charge < -0.3 is 10.2 Å². The fourth-order valence-corrected chi connectivity index (χ4v) is 3.15. The van der Waals surface area contributed by atoms with Crippen LogP contribution in [0.1, 0.15) is 42.8 Å². The van der Waals surface area contributed by atoms with Crippen molar-refractivity contribution in [3.8, 4) is 0 Å². The van der Waals surface area contributed by atoms with E-state index in [2.05, 4.69) is 15.4 Å². The van der Waals surface area contributed by atoms with Gasteiger partial charge in [0.2, 0.25) is 11.8 Å². The Morgan fingerprint density at radius 2 is 2.20 bits per heavy atom. The van der Waals surface area contributed by atoms with Gasteiger partial charge in [0.15, 0.2) is 0 Å². The van der Waals surface area contributed by atoms with Gasteiger partial charge in [-0.05, 0) is 37.5 Å². The lowest BCUT2D eigenvalue weighted by atomic mass is 10.1. The molecule has 1 fully saturated rings. The van der Waals surface area contributed by atoms with Crippen LogP contribution in [0.2, 0.25) is 0 Å². The van der Waals surface area contributed by atoms with E-state index in [-0.39, 0.29) is 24.4 Å². The monoisotopic (exact) mass is 341 g/mol. The van der Waals surface area contributed by atoms with Gasteiger partial charge in [0.25, 0.3) is 0 Å². The Balaban J connectivity index is 1.71. The van der Waals surface area contributed by atoms with Crippen LogP contribution >= 0.6 is 0 Å². The Morgan fingerprint density at radius 1 is 1.36 bits per heavy atom. The maximum Gasteiger partial charge on any atom is 0.244 e. The van der Waals surface area contributed by atoms with E-state index >= 15 is 0 Å². The maximum absolute atomic E-state index is 12.7. The van der Waals surface area contributed by atoms with Gasteiger partial charge in [-0.1, -0.05) is 6.07 Å². The number of aryl methyl sites for hydroxylation is 1. The number of aromatic nitrogens is 3. The van der Waals surface area contributed by atoms with Crippen molar-refractivity contribution >= 4 is 11.8 Å². The number of pyridine rings is 1. The number of carbonyl (C=O) groups excluding carboxylic acids is 2. The predicted molar refractivity (Wildman–Crippen MR) is 92.4 cm³/mol. The van der Waals surface area contributed by atoms with Crippen LogP contribution in [-0.4, -0.2) is 38.0 Å². The Morgan fingerprint density at radius 3 is 2.92 bits per heavy atom. The number of rotatable bonds is 5. The van der Waals surface area contributed by atoms with E-state index in [1.54, 1.807) is 10.9 Å². The lowest BCUT2D eigenvalue weighted by molar-refractivity contribution is -0.133. The predicted octanol–water partition coefficient (Wildman–Crippen LogP) is 1.59. The van der Waals surface area contributed by atoms with Crippen molar-refractivity contribution in [2.45, 2.75) is 45.8 Å². The quantitative estimate of drug-likeness (QED) is 0.895. The lowest BCUT2D eigenvalue weighted by Gasteiger charge is -2.24. The molecule has 2 aromatic rings. The topological polar surface area (TPSA) is 80.1 Å². The minimum atomic E-state index is -0.0839. The Hall–Kier alpha value is -2.70. The molecule has 3 rings (SSSR count). The molecule has 7 nitrogen and oxygen atoms in total. The van der Waals surface area contributed by atoms with Crippen molar-refractivity contribution in [1.29, 1.82) is 0 Å². The number of likely N-dealkylation sites (tertiary alicyclic amines) is 1. The van der Waals surface area contributed by atoms with E-state index in [1.807, 2.05) is 36.2 Å². The minimum absolute atomic E-state index is 0.0126. The molecule has 0 spiro atoms. The van der Waals surface area contributed by atoms with Gasteiger partial charge in [-0.15, -0.1) is 0 Å². The molecule has 3 heterocycles. The first-order valence-electron chi connectivity index (χ1n) is 8.52. The fourth-order valence-electron chi connectivity index (χ4n) is 3.15. The summed E-state index contributed by atoms with van der Waals surface area (Å²) in [5, 5.41) is 6.95. The van der Waals surface area contributed by atoms with Crippen molar-refractivity contribution in [3.63, 3.8) is 0 Å². The first kappa shape index (κ1) is 17.1. The highest BCUT2D eigenvalue weighted by Gasteiger charge is 2.31. The normalized spacial score (nSPS) is 16.9. The summed E-state index contributed by atoms with van der Waals surface area (Å²) >= 11 is 0. The van der Waals surface area contributed by atoms with Crippen LogP contribution in [0.25, 0.3) is 0 Å². The summed E-state index contributed by atoms with van der Waals surface area (Å²) in [7, 11) is 0. The number of hydrogen-bond donors (Lipinski definition) is 1. The molecule has 132 valence electrons. The minimum Gasteiger partial charge on any atom is -0.351 e. The first-order chi connectivity index (χ1) is 12.0. The van der Waals surface area contributed by atoms with Gasteiger partial charge in [-0.3, -0.25) is 19.3 Å². The smallest absolute Gasteiger partial charge is 0.244 e. The molecule has 7 heteroatoms. The van der Waals surface area contributed by atoms with Crippen molar-refractivity contribution < 1.29 is 9.59 Å². The molecule has 1 aliphatic heterocycles. The standard InChI is InChI=1S/C18H23N5O2/c1-13-9-20-22(11-13)12-18(25)23-8-4-7-17(23)16-6-3-5-15(21-16)10-19-14(2)24/h3,5-6,9,11,17H,4,7-8,10,12H2,1-2H3,(H,19,24)/t17-/m1/s1. The van der Waals surface area contributed by atoms with E-state index in [9.17, 15) is 9.59 Å². The molecule has 2 aromatic heterocycles. The third-order valence-electron chi connectivity index (χ3n) is 4.32. The Labute approximate surface area is 147 Å². The summed E-state index contributed by atoms with van der Waals surface area (Å²) in [5.41, 5.74) is 2.72. The summed E-state index contributed by atoms with van der Waals surface area (Å²) in [6, 6.07) is 5.75. The van der Waals surface area contributed by atoms with Crippen LogP contribution in [0.15, 0.2) is 30.6 Å². The first-order valence-corrected chi connectivity index (χ1v) is 8.52. The van der Waals surface area contributed by atoms with Crippen molar-refractivity contribution in [1.82, 2.24) is 25.0 Å². The van der Waals surface area contributed by atoms with Crippen LogP contribution in [0.4, 0.5) is 0 Å². The van der Waals surface area contributed by atoms with Crippen LogP contribution in [-0.2, 0) is 22.7 Å². The van der Waals surface area contributed by atoms with Crippen LogP contribution in [0, 0.1) is 6.92 Å². The summed E-state index contributed by atoms with van der Waals surface area (Å²) < 4.78 is 1.67. The van der Waals surface area contributed by atoms with Gasteiger partial charge >= 0.3 is 0 Å². The van der Waals surface area contributed by atoms with Crippen molar-refractivity contribution in [3.05, 3.63) is 47.5 Å². The second-order valence-corrected chi connectivity index (χ2v) is 6.42. The molecule has 0 saturated carbocycles. The molecule has 25 heavy (non-hydrogen) atoms. The van der Waals surface area contributed by atoms with Crippen LogP contribution in [0.3, 0.4) is 0 Å². The molecular formula is C18H23N5O2. The highest BCUT2D eigenvalue weighted by Crippen LogP contribution is 2.31. The lowest BCUT2D eigenvalue weighted by Crippen LogP contribution is -2.34. The van der Waals surface area contributed by atoms with Gasteiger partial charge in [0, 0.05) is 19.7 Å². The van der Waals surface area contributed by atoms with E-state index in [0.717, 1.165) is 36.3 Å². The summed E-state index contributed by atoms with van der Waals surface area (Å²) in [4.78, 5) is 30.3. The zero-order valence-electron chi connectivity index (χ0n) is 14.6. The van der Waals surface area contributed by atoms with E-state index in [0.29, 0.717) is 6.54 Å². The molecule has 0 aromatic carbocycles. The molecule has 1 saturated heterocycles. The van der Waals surface area contributed by atoms with E-state index < -0.39 is 0 Å². The van der Waals surface area contributed by atoms with Gasteiger partial charge in [0.05, 0.1) is 30.2 Å². The highest BCUT2D eigenvalue weighted by atomic mass is 16.2. The van der Waals surface area contributed by atoms with Crippen LogP contribution < -0.4 is 5.32 Å². The number of nitrogens with zero attached hydrogens (tertiary/aromatic N) is 4. The zero-order chi connectivity index (χ0) is 17.8. The second kappa shape index (κ2) is 7.46. The Bertz CT molecular complexity index is 770. The largest absolute Gasteiger partial charge is 0.351 e. The number of nitrogens with one attached hydrogen (secondary N) is 1. The summed E-state index contributed by atoms with van der Waals surface area (Å²) in [5.74, 6) is -0.0287. The average Bonchev–Trinajstić information content (AvgIpc) is 3.22.